The van der Waals surface area contributed by atoms with Crippen molar-refractivity contribution < 1.29 is 9.72 Å². The van der Waals surface area contributed by atoms with Gasteiger partial charge in [0.25, 0.3) is 11.6 Å². The Morgan fingerprint density at radius 3 is 2.87 bits per heavy atom. The fourth-order valence-corrected chi connectivity index (χ4v) is 1.50. The third-order valence-corrected chi connectivity index (χ3v) is 2.20. The summed E-state index contributed by atoms with van der Waals surface area (Å²) in [5.41, 5.74) is 6.41. The minimum absolute atomic E-state index is 0.0652. The Bertz CT molecular complexity index is 493. The highest BCUT2D eigenvalue weighted by atomic mass is 16.6. The lowest BCUT2D eigenvalue weighted by molar-refractivity contribution is -0.384. The fraction of sp³-hybridized carbons (Fsp3) is 0.111. The summed E-state index contributed by atoms with van der Waals surface area (Å²) in [5, 5.41) is 10.5. The van der Waals surface area contributed by atoms with Crippen LogP contribution in [0.25, 0.3) is 0 Å². The summed E-state index contributed by atoms with van der Waals surface area (Å²) in [5.74, 6) is -0.658. The van der Waals surface area contributed by atoms with E-state index in [1.54, 1.807) is 6.07 Å². The van der Waals surface area contributed by atoms with Gasteiger partial charge < -0.3 is 5.73 Å². The second-order valence-corrected chi connectivity index (χ2v) is 3.13. The van der Waals surface area contributed by atoms with Crippen LogP contribution in [0.4, 0.5) is 5.69 Å². The number of nitrogens with two attached hydrogens (primary N) is 1. The van der Waals surface area contributed by atoms with Gasteiger partial charge in [-0.1, -0.05) is 0 Å². The third kappa shape index (κ3) is 1.45. The number of primary amides is 1. The number of rotatable bonds is 2. The maximum Gasteiger partial charge on any atom is 0.270 e. The lowest BCUT2D eigenvalue weighted by Gasteiger charge is -1.99. The number of nitro benzene ring substituents is 1. The van der Waals surface area contributed by atoms with Crippen molar-refractivity contribution in [1.29, 1.82) is 0 Å². The average Bonchev–Trinajstić information content (AvgIpc) is 2.59. The predicted molar refractivity (Wildman–Crippen MR) is 52.5 cm³/mol. The van der Waals surface area contributed by atoms with E-state index >= 15 is 0 Å². The minimum atomic E-state index is -0.658. The molecular formula is C9H7N3O3. The van der Waals surface area contributed by atoms with Crippen LogP contribution in [0.2, 0.25) is 0 Å². The zero-order chi connectivity index (χ0) is 11.0. The smallest absolute Gasteiger partial charge is 0.270 e. The number of fused-ring (bicyclic) bond motifs is 1. The number of hydrogen-bond donors (Lipinski definition) is 1. The molecule has 15 heavy (non-hydrogen) atoms. The normalized spacial score (nSPS) is 13.2. The molecule has 2 rings (SSSR count). The number of nitrogens with zero attached hydrogens (tertiary/aromatic N) is 2. The van der Waals surface area contributed by atoms with Crippen LogP contribution in [-0.2, 0) is 11.3 Å². The van der Waals surface area contributed by atoms with Gasteiger partial charge in [-0.15, -0.1) is 0 Å². The second-order valence-electron chi connectivity index (χ2n) is 3.13. The highest BCUT2D eigenvalue weighted by Crippen LogP contribution is 2.23. The van der Waals surface area contributed by atoms with Gasteiger partial charge in [-0.3, -0.25) is 19.9 Å². The number of non-ortho nitro benzene ring substituents is 1. The first-order valence-electron chi connectivity index (χ1n) is 4.21. The summed E-state index contributed by atoms with van der Waals surface area (Å²) >= 11 is 0. The number of hydrogen-bond acceptors (Lipinski definition) is 4. The van der Waals surface area contributed by atoms with Crippen LogP contribution < -0.4 is 5.73 Å². The molecule has 0 aromatic heterocycles. The predicted octanol–water partition coefficient (Wildman–Crippen LogP) is 0.383. The molecule has 0 saturated heterocycles. The first-order chi connectivity index (χ1) is 7.09. The molecule has 0 fully saturated rings. The van der Waals surface area contributed by atoms with Crippen molar-refractivity contribution >= 4 is 17.3 Å². The van der Waals surface area contributed by atoms with Crippen LogP contribution in [0.1, 0.15) is 11.1 Å². The first kappa shape index (κ1) is 9.32. The number of benzene rings is 1. The van der Waals surface area contributed by atoms with E-state index in [-0.39, 0.29) is 11.4 Å². The fourth-order valence-electron chi connectivity index (χ4n) is 1.50. The quantitative estimate of drug-likeness (QED) is 0.558. The molecule has 1 aromatic carbocycles. The number of nitro groups is 1. The highest BCUT2D eigenvalue weighted by Gasteiger charge is 2.22. The van der Waals surface area contributed by atoms with Crippen LogP contribution in [0.15, 0.2) is 23.2 Å². The highest BCUT2D eigenvalue weighted by molar-refractivity contribution is 6.45. The van der Waals surface area contributed by atoms with E-state index in [0.717, 1.165) is 5.56 Å². The Morgan fingerprint density at radius 1 is 1.53 bits per heavy atom. The Labute approximate surface area is 84.6 Å². The molecule has 1 heterocycles. The van der Waals surface area contributed by atoms with Crippen molar-refractivity contribution in [3.05, 3.63) is 39.4 Å². The summed E-state index contributed by atoms with van der Waals surface area (Å²) in [6.45, 7) is 0.353. The monoisotopic (exact) mass is 205 g/mol. The SMILES string of the molecule is NC(=O)C1=NCc2ccc([N+](=O)[O-])cc21. The second kappa shape index (κ2) is 3.16. The average molecular weight is 205 g/mol. The van der Waals surface area contributed by atoms with E-state index in [1.807, 2.05) is 0 Å². The van der Waals surface area contributed by atoms with Crippen molar-refractivity contribution in [3.8, 4) is 0 Å². The molecule has 2 N–H and O–H groups in total. The van der Waals surface area contributed by atoms with Gasteiger partial charge >= 0.3 is 0 Å². The van der Waals surface area contributed by atoms with Crippen molar-refractivity contribution in [2.45, 2.75) is 6.54 Å². The van der Waals surface area contributed by atoms with E-state index in [4.69, 9.17) is 5.73 Å². The van der Waals surface area contributed by atoms with Gasteiger partial charge in [0.05, 0.1) is 11.5 Å². The van der Waals surface area contributed by atoms with Crippen LogP contribution in [0, 0.1) is 10.1 Å². The summed E-state index contributed by atoms with van der Waals surface area (Å²) in [6.07, 6.45) is 0. The summed E-state index contributed by atoms with van der Waals surface area (Å²) in [6, 6.07) is 4.30. The molecule has 6 heteroatoms. The lowest BCUT2D eigenvalue weighted by atomic mass is 10.0. The Kier molecular flexibility index (Phi) is 1.96. The van der Waals surface area contributed by atoms with Crippen LogP contribution >= 0.6 is 0 Å². The number of amides is 1. The van der Waals surface area contributed by atoms with E-state index in [0.29, 0.717) is 12.1 Å². The van der Waals surface area contributed by atoms with Gasteiger partial charge in [-0.25, -0.2) is 0 Å². The molecule has 6 nitrogen and oxygen atoms in total. The van der Waals surface area contributed by atoms with Gasteiger partial charge in [0.15, 0.2) is 0 Å². The van der Waals surface area contributed by atoms with Gasteiger partial charge in [0.2, 0.25) is 0 Å². The molecule has 0 aliphatic carbocycles. The number of carbonyl (C=O) groups excluding carboxylic acids is 1. The molecule has 1 aliphatic heterocycles. The van der Waals surface area contributed by atoms with Gasteiger partial charge in [0, 0.05) is 17.7 Å². The van der Waals surface area contributed by atoms with Gasteiger partial charge in [0.1, 0.15) is 5.71 Å². The molecule has 0 radical (unpaired) electrons. The summed E-state index contributed by atoms with van der Waals surface area (Å²) in [7, 11) is 0. The molecular weight excluding hydrogens is 198 g/mol. The van der Waals surface area contributed by atoms with Gasteiger partial charge in [-0.2, -0.15) is 0 Å². The molecule has 1 amide bonds. The zero-order valence-electron chi connectivity index (χ0n) is 7.64. The van der Waals surface area contributed by atoms with Crippen LogP contribution in [0.5, 0.6) is 0 Å². The summed E-state index contributed by atoms with van der Waals surface area (Å²) < 4.78 is 0. The largest absolute Gasteiger partial charge is 0.364 e. The minimum Gasteiger partial charge on any atom is -0.364 e. The van der Waals surface area contributed by atoms with Crippen molar-refractivity contribution in [2.75, 3.05) is 0 Å². The molecule has 0 spiro atoms. The van der Waals surface area contributed by atoms with E-state index in [1.165, 1.54) is 12.1 Å². The molecule has 0 saturated carbocycles. The zero-order valence-corrected chi connectivity index (χ0v) is 7.64. The summed E-state index contributed by atoms with van der Waals surface area (Å²) in [4.78, 5) is 24.9. The Morgan fingerprint density at radius 2 is 2.27 bits per heavy atom. The standard InChI is InChI=1S/C9H7N3O3/c10-9(13)8-7-3-6(12(14)15)2-1-5(7)4-11-8/h1-3H,4H2,(H2,10,13). The molecule has 76 valence electrons. The van der Waals surface area contributed by atoms with Crippen LogP contribution in [0.3, 0.4) is 0 Å². The van der Waals surface area contributed by atoms with E-state index in [9.17, 15) is 14.9 Å². The first-order valence-corrected chi connectivity index (χ1v) is 4.21. The van der Waals surface area contributed by atoms with Gasteiger partial charge in [-0.05, 0) is 11.6 Å². The molecule has 1 aromatic rings. The molecule has 1 aliphatic rings. The lowest BCUT2D eigenvalue weighted by Crippen LogP contribution is -2.22. The van der Waals surface area contributed by atoms with E-state index in [2.05, 4.69) is 4.99 Å². The van der Waals surface area contributed by atoms with Crippen molar-refractivity contribution in [3.63, 3.8) is 0 Å². The van der Waals surface area contributed by atoms with Crippen molar-refractivity contribution in [2.24, 2.45) is 10.7 Å². The maximum absolute atomic E-state index is 11.0. The maximum atomic E-state index is 11.0. The molecule has 0 atom stereocenters. The van der Waals surface area contributed by atoms with E-state index < -0.39 is 10.8 Å². The number of aliphatic imine (C=N–C) groups is 1. The molecule has 0 unspecified atom stereocenters. The van der Waals surface area contributed by atoms with Crippen LogP contribution in [-0.4, -0.2) is 16.5 Å². The third-order valence-electron chi connectivity index (χ3n) is 2.20. The Hall–Kier alpha value is -2.24. The number of carbonyl (C=O) groups is 1. The van der Waals surface area contributed by atoms with Crippen molar-refractivity contribution in [1.82, 2.24) is 0 Å². The molecule has 0 bridgehead atoms. The Balaban J connectivity index is 2.52. The topological polar surface area (TPSA) is 98.6 Å².